The topological polar surface area (TPSA) is 35.8 Å². The Morgan fingerprint density at radius 3 is 2.65 bits per heavy atom. The monoisotopic (exact) mass is 288 g/mol. The number of hydrogen-bond donors (Lipinski definition) is 1. The smallest absolute Gasteiger partial charge is 0.0622 e. The van der Waals surface area contributed by atoms with Gasteiger partial charge in [0.2, 0.25) is 0 Å². The standard InChI is InChI=1S/C14H13BrN2/c15-13-7-8-14(17-10-4-3-9-16)12-6-2-1-5-11(12)13/h1-2,5-8,17H,3-4,10H2. The van der Waals surface area contributed by atoms with Crippen LogP contribution in [-0.4, -0.2) is 6.54 Å². The molecule has 2 nitrogen and oxygen atoms in total. The Morgan fingerprint density at radius 1 is 1.12 bits per heavy atom. The third-order valence-electron chi connectivity index (χ3n) is 2.65. The molecule has 0 aliphatic heterocycles. The zero-order chi connectivity index (χ0) is 12.1. The van der Waals surface area contributed by atoms with E-state index >= 15 is 0 Å². The molecule has 2 aromatic carbocycles. The van der Waals surface area contributed by atoms with Crippen LogP contribution in [0.15, 0.2) is 40.9 Å². The number of benzene rings is 2. The lowest BCUT2D eigenvalue weighted by Crippen LogP contribution is -2.01. The molecule has 0 atom stereocenters. The lowest BCUT2D eigenvalue weighted by atomic mass is 10.1. The van der Waals surface area contributed by atoms with E-state index in [-0.39, 0.29) is 0 Å². The second-order valence-corrected chi connectivity index (χ2v) is 4.68. The molecule has 0 aliphatic rings. The van der Waals surface area contributed by atoms with Gasteiger partial charge in [0.05, 0.1) is 6.07 Å². The van der Waals surface area contributed by atoms with Gasteiger partial charge in [-0.25, -0.2) is 0 Å². The molecule has 3 heteroatoms. The number of halogens is 1. The molecule has 17 heavy (non-hydrogen) atoms. The van der Waals surface area contributed by atoms with Crippen molar-refractivity contribution in [1.82, 2.24) is 0 Å². The first-order valence-corrected chi connectivity index (χ1v) is 6.40. The highest BCUT2D eigenvalue weighted by Crippen LogP contribution is 2.29. The minimum absolute atomic E-state index is 0.599. The summed E-state index contributed by atoms with van der Waals surface area (Å²) < 4.78 is 1.11. The lowest BCUT2D eigenvalue weighted by Gasteiger charge is -2.10. The number of nitrogens with one attached hydrogen (secondary N) is 1. The molecule has 1 N–H and O–H groups in total. The molecular weight excluding hydrogens is 276 g/mol. The van der Waals surface area contributed by atoms with Crippen molar-refractivity contribution in [2.24, 2.45) is 0 Å². The predicted molar refractivity (Wildman–Crippen MR) is 75.0 cm³/mol. The van der Waals surface area contributed by atoms with Crippen molar-refractivity contribution < 1.29 is 0 Å². The van der Waals surface area contributed by atoms with Crippen LogP contribution < -0.4 is 5.32 Å². The first-order valence-electron chi connectivity index (χ1n) is 5.61. The average molecular weight is 289 g/mol. The van der Waals surface area contributed by atoms with Crippen LogP contribution in [0.2, 0.25) is 0 Å². The van der Waals surface area contributed by atoms with Crippen LogP contribution in [0.4, 0.5) is 5.69 Å². The van der Waals surface area contributed by atoms with Gasteiger partial charge in [-0.05, 0) is 23.9 Å². The van der Waals surface area contributed by atoms with Gasteiger partial charge in [-0.2, -0.15) is 5.26 Å². The number of nitrogens with zero attached hydrogens (tertiary/aromatic N) is 1. The Hall–Kier alpha value is -1.53. The molecule has 0 aromatic heterocycles. The second-order valence-electron chi connectivity index (χ2n) is 3.83. The highest BCUT2D eigenvalue weighted by Gasteiger charge is 2.02. The summed E-state index contributed by atoms with van der Waals surface area (Å²) >= 11 is 3.55. The fourth-order valence-electron chi connectivity index (χ4n) is 1.81. The highest BCUT2D eigenvalue weighted by molar-refractivity contribution is 9.10. The van der Waals surface area contributed by atoms with Crippen LogP contribution in [0.5, 0.6) is 0 Å². The van der Waals surface area contributed by atoms with E-state index in [4.69, 9.17) is 5.26 Å². The first kappa shape index (κ1) is 11.9. The summed E-state index contributed by atoms with van der Waals surface area (Å²) in [6.45, 7) is 0.833. The quantitative estimate of drug-likeness (QED) is 0.851. The molecule has 0 heterocycles. The maximum absolute atomic E-state index is 8.49. The van der Waals surface area contributed by atoms with E-state index in [0.29, 0.717) is 6.42 Å². The van der Waals surface area contributed by atoms with Gasteiger partial charge >= 0.3 is 0 Å². The van der Waals surface area contributed by atoms with Gasteiger partial charge < -0.3 is 5.32 Å². The normalized spacial score (nSPS) is 10.1. The fourth-order valence-corrected chi connectivity index (χ4v) is 2.28. The highest BCUT2D eigenvalue weighted by atomic mass is 79.9. The number of nitriles is 1. The summed E-state index contributed by atoms with van der Waals surface area (Å²) in [4.78, 5) is 0. The lowest BCUT2D eigenvalue weighted by molar-refractivity contribution is 0.898. The number of rotatable bonds is 4. The third kappa shape index (κ3) is 2.78. The zero-order valence-corrected chi connectivity index (χ0v) is 11.0. The minimum Gasteiger partial charge on any atom is -0.385 e. The Labute approximate surface area is 109 Å². The fraction of sp³-hybridized carbons (Fsp3) is 0.214. The molecule has 0 aliphatic carbocycles. The molecule has 0 unspecified atom stereocenters. The molecule has 2 aromatic rings. The Balaban J connectivity index is 2.23. The van der Waals surface area contributed by atoms with Gasteiger partial charge in [0, 0.05) is 28.5 Å². The van der Waals surface area contributed by atoms with Crippen LogP contribution in [0.25, 0.3) is 10.8 Å². The molecule has 0 amide bonds. The van der Waals surface area contributed by atoms with Crippen LogP contribution in [0.3, 0.4) is 0 Å². The number of hydrogen-bond acceptors (Lipinski definition) is 2. The van der Waals surface area contributed by atoms with E-state index < -0.39 is 0 Å². The Bertz CT molecular complexity index is 558. The Kier molecular flexibility index (Phi) is 4.00. The van der Waals surface area contributed by atoms with Gasteiger partial charge in [0.15, 0.2) is 0 Å². The van der Waals surface area contributed by atoms with Gasteiger partial charge in [-0.15, -0.1) is 0 Å². The van der Waals surface area contributed by atoms with Crippen molar-refractivity contribution in [3.63, 3.8) is 0 Å². The van der Waals surface area contributed by atoms with Gasteiger partial charge in [0.1, 0.15) is 0 Å². The number of unbranched alkanes of at least 4 members (excludes halogenated alkanes) is 1. The summed E-state index contributed by atoms with van der Waals surface area (Å²) in [5.41, 5.74) is 1.13. The molecule has 0 fully saturated rings. The van der Waals surface area contributed by atoms with Crippen LogP contribution in [0.1, 0.15) is 12.8 Å². The molecular formula is C14H13BrN2. The molecule has 0 spiro atoms. The predicted octanol–water partition coefficient (Wildman–Crippen LogP) is 4.32. The van der Waals surface area contributed by atoms with Gasteiger partial charge in [-0.3, -0.25) is 0 Å². The maximum Gasteiger partial charge on any atom is 0.0622 e. The molecule has 0 bridgehead atoms. The van der Waals surface area contributed by atoms with Gasteiger partial charge in [-0.1, -0.05) is 40.2 Å². The van der Waals surface area contributed by atoms with E-state index in [1.54, 1.807) is 0 Å². The van der Waals surface area contributed by atoms with Crippen LogP contribution in [-0.2, 0) is 0 Å². The zero-order valence-electron chi connectivity index (χ0n) is 9.41. The SMILES string of the molecule is N#CCCCNc1ccc(Br)c2ccccc12. The maximum atomic E-state index is 8.49. The van der Waals surface area contributed by atoms with Gasteiger partial charge in [0.25, 0.3) is 0 Å². The first-order chi connectivity index (χ1) is 8.33. The van der Waals surface area contributed by atoms with E-state index in [1.165, 1.54) is 10.8 Å². The molecule has 0 saturated heterocycles. The average Bonchev–Trinajstić information content (AvgIpc) is 2.37. The van der Waals surface area contributed by atoms with Crippen LogP contribution in [0, 0.1) is 11.3 Å². The largest absolute Gasteiger partial charge is 0.385 e. The van der Waals surface area contributed by atoms with Crippen molar-refractivity contribution in [2.75, 3.05) is 11.9 Å². The molecule has 0 radical (unpaired) electrons. The van der Waals surface area contributed by atoms with Crippen LogP contribution >= 0.6 is 15.9 Å². The van der Waals surface area contributed by atoms with Crippen molar-refractivity contribution in [3.05, 3.63) is 40.9 Å². The summed E-state index contributed by atoms with van der Waals surface area (Å²) in [6, 6.07) is 14.5. The minimum atomic E-state index is 0.599. The van der Waals surface area contributed by atoms with Crippen molar-refractivity contribution in [2.45, 2.75) is 12.8 Å². The Morgan fingerprint density at radius 2 is 1.88 bits per heavy atom. The number of fused-ring (bicyclic) bond motifs is 1. The summed E-state index contributed by atoms with van der Waals surface area (Å²) in [6.07, 6.45) is 1.47. The molecule has 0 saturated carbocycles. The van der Waals surface area contributed by atoms with E-state index in [2.05, 4.69) is 51.6 Å². The third-order valence-corrected chi connectivity index (χ3v) is 3.34. The second kappa shape index (κ2) is 5.70. The summed E-state index contributed by atoms with van der Waals surface area (Å²) in [7, 11) is 0. The van der Waals surface area contributed by atoms with E-state index in [0.717, 1.165) is 23.1 Å². The van der Waals surface area contributed by atoms with Crippen molar-refractivity contribution in [3.8, 4) is 6.07 Å². The van der Waals surface area contributed by atoms with E-state index in [1.807, 2.05) is 12.1 Å². The van der Waals surface area contributed by atoms with Crippen molar-refractivity contribution in [1.29, 1.82) is 5.26 Å². The molecule has 86 valence electrons. The summed E-state index contributed by atoms with van der Waals surface area (Å²) in [5, 5.41) is 14.3. The van der Waals surface area contributed by atoms with Crippen molar-refractivity contribution >= 4 is 32.4 Å². The van der Waals surface area contributed by atoms with E-state index in [9.17, 15) is 0 Å². The number of anilines is 1. The molecule has 2 rings (SSSR count). The summed E-state index contributed by atoms with van der Waals surface area (Å²) in [5.74, 6) is 0.